The zero-order valence-corrected chi connectivity index (χ0v) is 25.8. The summed E-state index contributed by atoms with van der Waals surface area (Å²) in [6.45, 7) is 0.522. The van der Waals surface area contributed by atoms with Gasteiger partial charge >= 0.3 is 5.69 Å². The van der Waals surface area contributed by atoms with Crippen molar-refractivity contribution in [1.29, 1.82) is 5.26 Å². The zero-order chi connectivity index (χ0) is 30.8. The summed E-state index contributed by atoms with van der Waals surface area (Å²) in [5.41, 5.74) is 4.86. The van der Waals surface area contributed by atoms with Gasteiger partial charge < -0.3 is 4.57 Å². The number of thioether (sulfide) groups is 1. The molecule has 44 heavy (non-hydrogen) atoms. The number of benzene rings is 4. The SMILES string of the molecule is Cn1c(=O)c2c(-c3cc(Cl)cc(C#N)c3)n(CCSC(c3ccccc3)(c3ccccc3)c3ccccc3)cc2n(C)c1=O. The molecule has 0 aliphatic rings. The second-order valence-corrected chi connectivity index (χ2v) is 12.4. The van der Waals surface area contributed by atoms with E-state index >= 15 is 0 Å². The fourth-order valence-electron chi connectivity index (χ4n) is 5.93. The van der Waals surface area contributed by atoms with Gasteiger partial charge in [0.1, 0.15) is 0 Å². The molecule has 0 spiro atoms. The molecular formula is C36H29ClN4O2S. The summed E-state index contributed by atoms with van der Waals surface area (Å²) < 4.78 is 4.11. The van der Waals surface area contributed by atoms with Crippen LogP contribution in [0.15, 0.2) is 125 Å². The minimum Gasteiger partial charge on any atom is -0.344 e. The van der Waals surface area contributed by atoms with Crippen molar-refractivity contribution in [2.24, 2.45) is 14.1 Å². The maximum Gasteiger partial charge on any atom is 0.330 e. The van der Waals surface area contributed by atoms with Crippen LogP contribution in [0, 0.1) is 11.3 Å². The van der Waals surface area contributed by atoms with Crippen LogP contribution >= 0.6 is 23.4 Å². The molecule has 2 aromatic heterocycles. The number of aromatic nitrogens is 3. The van der Waals surface area contributed by atoms with E-state index in [4.69, 9.17) is 11.6 Å². The van der Waals surface area contributed by atoms with Crippen LogP contribution in [0.4, 0.5) is 0 Å². The number of hydrogen-bond donors (Lipinski definition) is 0. The zero-order valence-electron chi connectivity index (χ0n) is 24.3. The molecule has 218 valence electrons. The monoisotopic (exact) mass is 616 g/mol. The topological polar surface area (TPSA) is 72.7 Å². The largest absolute Gasteiger partial charge is 0.344 e. The fourth-order valence-corrected chi connectivity index (χ4v) is 7.67. The van der Waals surface area contributed by atoms with Gasteiger partial charge in [-0.15, -0.1) is 11.8 Å². The third kappa shape index (κ3) is 5.06. The Morgan fingerprint density at radius 3 is 1.86 bits per heavy atom. The van der Waals surface area contributed by atoms with Crippen molar-refractivity contribution < 1.29 is 0 Å². The van der Waals surface area contributed by atoms with E-state index in [1.807, 2.05) is 40.7 Å². The molecule has 0 unspecified atom stereocenters. The van der Waals surface area contributed by atoms with E-state index in [0.29, 0.717) is 45.0 Å². The van der Waals surface area contributed by atoms with Crippen LogP contribution in [0.1, 0.15) is 22.3 Å². The lowest BCUT2D eigenvalue weighted by Gasteiger charge is -2.35. The van der Waals surface area contributed by atoms with Crippen LogP contribution in [-0.4, -0.2) is 19.5 Å². The Morgan fingerprint density at radius 1 is 0.795 bits per heavy atom. The molecule has 2 heterocycles. The number of fused-ring (bicyclic) bond motifs is 1. The van der Waals surface area contributed by atoms with Gasteiger partial charge in [0, 0.05) is 43.2 Å². The molecule has 6 nitrogen and oxygen atoms in total. The molecule has 0 N–H and O–H groups in total. The fraction of sp³-hybridized carbons (Fsp3) is 0.139. The average molecular weight is 617 g/mol. The van der Waals surface area contributed by atoms with E-state index in [0.717, 1.165) is 21.3 Å². The van der Waals surface area contributed by atoms with Gasteiger partial charge in [0.2, 0.25) is 0 Å². The number of nitriles is 1. The number of nitrogens with zero attached hydrogens (tertiary/aromatic N) is 4. The van der Waals surface area contributed by atoms with E-state index in [-0.39, 0.29) is 0 Å². The maximum atomic E-state index is 13.6. The van der Waals surface area contributed by atoms with Crippen LogP contribution in [-0.2, 0) is 25.4 Å². The summed E-state index contributed by atoms with van der Waals surface area (Å²) in [4.78, 5) is 26.4. The second-order valence-electron chi connectivity index (χ2n) is 10.6. The number of rotatable bonds is 8. The predicted molar refractivity (Wildman–Crippen MR) is 179 cm³/mol. The van der Waals surface area contributed by atoms with Crippen molar-refractivity contribution in [2.45, 2.75) is 11.3 Å². The quantitative estimate of drug-likeness (QED) is 0.173. The third-order valence-electron chi connectivity index (χ3n) is 8.00. The minimum atomic E-state index is -0.510. The summed E-state index contributed by atoms with van der Waals surface area (Å²) in [6, 6.07) is 38.7. The van der Waals surface area contributed by atoms with E-state index in [9.17, 15) is 14.9 Å². The number of aryl methyl sites for hydroxylation is 2. The Kier molecular flexibility index (Phi) is 8.05. The summed E-state index contributed by atoms with van der Waals surface area (Å²) >= 11 is 8.25. The smallest absolute Gasteiger partial charge is 0.330 e. The molecule has 0 fully saturated rings. The maximum absolute atomic E-state index is 13.6. The summed E-state index contributed by atoms with van der Waals surface area (Å²) in [5, 5.41) is 10.5. The van der Waals surface area contributed by atoms with E-state index in [1.54, 1.807) is 25.2 Å². The summed E-state index contributed by atoms with van der Waals surface area (Å²) in [6.07, 6.45) is 1.86. The lowest BCUT2D eigenvalue weighted by atomic mass is 9.84. The molecule has 0 radical (unpaired) electrons. The minimum absolute atomic E-state index is 0.390. The first-order chi connectivity index (χ1) is 21.3. The van der Waals surface area contributed by atoms with Crippen LogP contribution in [0.2, 0.25) is 5.02 Å². The molecule has 0 amide bonds. The average Bonchev–Trinajstić information content (AvgIpc) is 3.45. The lowest BCUT2D eigenvalue weighted by molar-refractivity contribution is 0.714. The van der Waals surface area contributed by atoms with Gasteiger partial charge in [-0.1, -0.05) is 103 Å². The lowest BCUT2D eigenvalue weighted by Crippen LogP contribution is -2.36. The molecule has 6 rings (SSSR count). The molecule has 6 aromatic rings. The molecule has 0 saturated heterocycles. The third-order valence-corrected chi connectivity index (χ3v) is 9.75. The molecule has 0 aliphatic heterocycles. The molecule has 4 aromatic carbocycles. The molecule has 0 atom stereocenters. The van der Waals surface area contributed by atoms with E-state index in [1.165, 1.54) is 11.6 Å². The van der Waals surface area contributed by atoms with Crippen molar-refractivity contribution in [3.63, 3.8) is 0 Å². The van der Waals surface area contributed by atoms with Crippen molar-refractivity contribution in [2.75, 3.05) is 5.75 Å². The van der Waals surface area contributed by atoms with Gasteiger partial charge in [0.15, 0.2) is 0 Å². The Bertz CT molecular complexity index is 2030. The van der Waals surface area contributed by atoms with Crippen LogP contribution in [0.3, 0.4) is 0 Å². The van der Waals surface area contributed by atoms with Crippen molar-refractivity contribution in [1.82, 2.24) is 13.7 Å². The first-order valence-corrected chi connectivity index (χ1v) is 15.5. The highest BCUT2D eigenvalue weighted by Gasteiger charge is 2.36. The molecule has 0 saturated carbocycles. The highest BCUT2D eigenvalue weighted by molar-refractivity contribution is 8.00. The van der Waals surface area contributed by atoms with Crippen molar-refractivity contribution >= 4 is 34.3 Å². The van der Waals surface area contributed by atoms with Crippen molar-refractivity contribution in [3.05, 3.63) is 164 Å². The summed E-state index contributed by atoms with van der Waals surface area (Å²) in [7, 11) is 3.14. The molecule has 8 heteroatoms. The van der Waals surface area contributed by atoms with Crippen LogP contribution in [0.25, 0.3) is 22.2 Å². The Balaban J connectivity index is 1.52. The normalized spacial score (nSPS) is 11.5. The van der Waals surface area contributed by atoms with Gasteiger partial charge in [-0.3, -0.25) is 13.9 Å². The first-order valence-electron chi connectivity index (χ1n) is 14.2. The highest BCUT2D eigenvalue weighted by atomic mass is 35.5. The van der Waals surface area contributed by atoms with Crippen LogP contribution < -0.4 is 11.2 Å². The predicted octanol–water partition coefficient (Wildman–Crippen LogP) is 6.96. The Hall–Kier alpha value is -4.77. The Labute approximate surface area is 264 Å². The van der Waals surface area contributed by atoms with Gasteiger partial charge in [0.25, 0.3) is 5.56 Å². The second kappa shape index (κ2) is 12.1. The van der Waals surface area contributed by atoms with Gasteiger partial charge in [-0.25, -0.2) is 4.79 Å². The van der Waals surface area contributed by atoms with Gasteiger partial charge in [-0.05, 0) is 34.9 Å². The van der Waals surface area contributed by atoms with E-state index in [2.05, 4.69) is 78.9 Å². The summed E-state index contributed by atoms with van der Waals surface area (Å²) in [5.74, 6) is 0.659. The Morgan fingerprint density at radius 2 is 1.34 bits per heavy atom. The number of hydrogen-bond acceptors (Lipinski definition) is 4. The first kappa shape index (κ1) is 29.3. The van der Waals surface area contributed by atoms with Gasteiger partial charge in [-0.2, -0.15) is 5.26 Å². The molecule has 0 bridgehead atoms. The highest BCUT2D eigenvalue weighted by Crippen LogP contribution is 2.48. The van der Waals surface area contributed by atoms with Gasteiger partial charge in [0.05, 0.1) is 33.0 Å². The molecular weight excluding hydrogens is 588 g/mol. The number of halogens is 1. The van der Waals surface area contributed by atoms with E-state index < -0.39 is 16.0 Å². The van der Waals surface area contributed by atoms with Crippen molar-refractivity contribution in [3.8, 4) is 17.3 Å². The standard InChI is InChI=1S/C36H29ClN4O2S/c1-39-31-24-41(33(32(31)34(42)40(2)35(39)43)26-20-25(23-38)21-30(37)22-26)18-19-44-36(27-12-6-3-7-13-27,28-14-8-4-9-15-28)29-16-10-5-11-17-29/h3-17,20-22,24H,18-19H2,1-2H3. The van der Waals surface area contributed by atoms with Crippen LogP contribution in [0.5, 0.6) is 0 Å². The molecule has 0 aliphatic carbocycles.